The van der Waals surface area contributed by atoms with Crippen molar-refractivity contribution in [1.82, 2.24) is 9.97 Å². The molecule has 0 spiro atoms. The lowest BCUT2D eigenvalue weighted by Crippen LogP contribution is -2.20. The molecule has 2 atom stereocenters. The van der Waals surface area contributed by atoms with E-state index in [1.807, 2.05) is 0 Å². The van der Waals surface area contributed by atoms with Crippen LogP contribution in [0.5, 0.6) is 0 Å². The van der Waals surface area contributed by atoms with E-state index in [4.69, 9.17) is 34.7 Å². The molecule has 1 heterocycles. The molecule has 2 rings (SSSR count). The zero-order valence-corrected chi connectivity index (χ0v) is 10.9. The third kappa shape index (κ3) is 2.29. The zero-order valence-electron chi connectivity index (χ0n) is 9.35. The van der Waals surface area contributed by atoms with Crippen LogP contribution in [0.4, 0.5) is 11.8 Å². The van der Waals surface area contributed by atoms with Gasteiger partial charge >= 0.3 is 0 Å². The smallest absolute Gasteiger partial charge is 0.222 e. The van der Waals surface area contributed by atoms with Crippen LogP contribution in [0.2, 0.25) is 0 Å². The third-order valence-corrected chi connectivity index (χ3v) is 3.65. The van der Waals surface area contributed by atoms with E-state index in [1.165, 1.54) is 0 Å². The Morgan fingerprint density at radius 2 is 2.00 bits per heavy atom. The summed E-state index contributed by atoms with van der Waals surface area (Å²) in [5.74, 6) is 0.198. The standard InChI is InChI=1S/C11H12Cl2N4O/c12-6-3-1-2-5(9(6)13)8-7(4-18)16-11(15)17-10(8)14/h1-3,6,9,18H,4H2,(H4,14,15,16,17). The molecule has 0 radical (unpaired) electrons. The lowest BCUT2D eigenvalue weighted by Gasteiger charge is -2.22. The zero-order chi connectivity index (χ0) is 13.3. The fourth-order valence-corrected chi connectivity index (χ4v) is 2.31. The van der Waals surface area contributed by atoms with Crippen molar-refractivity contribution < 1.29 is 5.11 Å². The van der Waals surface area contributed by atoms with Gasteiger partial charge in [-0.05, 0) is 5.57 Å². The second-order valence-electron chi connectivity index (χ2n) is 3.80. The van der Waals surface area contributed by atoms with Crippen LogP contribution < -0.4 is 11.5 Å². The van der Waals surface area contributed by atoms with Gasteiger partial charge in [0, 0.05) is 5.56 Å². The molecule has 0 saturated heterocycles. The maximum absolute atomic E-state index is 9.33. The largest absolute Gasteiger partial charge is 0.390 e. The van der Waals surface area contributed by atoms with Gasteiger partial charge in [0.05, 0.1) is 23.1 Å². The van der Waals surface area contributed by atoms with Crippen LogP contribution in [0.15, 0.2) is 18.2 Å². The predicted octanol–water partition coefficient (Wildman–Crippen LogP) is 1.30. The summed E-state index contributed by atoms with van der Waals surface area (Å²) < 4.78 is 0. The van der Waals surface area contributed by atoms with Crippen molar-refractivity contribution in [1.29, 1.82) is 0 Å². The molecule has 1 aliphatic carbocycles. The van der Waals surface area contributed by atoms with E-state index in [2.05, 4.69) is 9.97 Å². The van der Waals surface area contributed by atoms with Crippen molar-refractivity contribution >= 4 is 40.5 Å². The molecule has 0 fully saturated rings. The topological polar surface area (TPSA) is 98.0 Å². The maximum Gasteiger partial charge on any atom is 0.222 e. The Morgan fingerprint density at radius 3 is 2.67 bits per heavy atom. The van der Waals surface area contributed by atoms with Crippen molar-refractivity contribution in [2.75, 3.05) is 11.5 Å². The Balaban J connectivity index is 2.57. The number of nitrogen functional groups attached to an aromatic ring is 2. The lowest BCUT2D eigenvalue weighted by molar-refractivity contribution is 0.276. The van der Waals surface area contributed by atoms with E-state index in [-0.39, 0.29) is 23.8 Å². The van der Waals surface area contributed by atoms with Crippen LogP contribution in [0.3, 0.4) is 0 Å². The Hall–Kier alpha value is -1.30. The molecule has 7 heteroatoms. The van der Waals surface area contributed by atoms with Crippen LogP contribution in [0, 0.1) is 0 Å². The highest BCUT2D eigenvalue weighted by atomic mass is 35.5. The minimum absolute atomic E-state index is 0.0146. The van der Waals surface area contributed by atoms with E-state index < -0.39 is 5.38 Å². The van der Waals surface area contributed by atoms with Gasteiger partial charge in [0.1, 0.15) is 5.82 Å². The summed E-state index contributed by atoms with van der Waals surface area (Å²) in [5.41, 5.74) is 12.8. The quantitative estimate of drug-likeness (QED) is 0.712. The number of nitrogens with two attached hydrogens (primary N) is 2. The average molecular weight is 287 g/mol. The summed E-state index contributed by atoms with van der Waals surface area (Å²) in [4.78, 5) is 7.84. The number of hydrogen-bond acceptors (Lipinski definition) is 5. The van der Waals surface area contributed by atoms with Gasteiger partial charge in [-0.2, -0.15) is 4.98 Å². The van der Waals surface area contributed by atoms with Crippen molar-refractivity contribution in [3.05, 3.63) is 29.5 Å². The molecule has 18 heavy (non-hydrogen) atoms. The van der Waals surface area contributed by atoms with Gasteiger partial charge in [-0.3, -0.25) is 0 Å². The van der Waals surface area contributed by atoms with Gasteiger partial charge in [-0.25, -0.2) is 4.98 Å². The monoisotopic (exact) mass is 286 g/mol. The first-order valence-corrected chi connectivity index (χ1v) is 6.11. The molecule has 1 aliphatic rings. The fourth-order valence-electron chi connectivity index (χ4n) is 1.82. The SMILES string of the molecule is Nc1nc(N)c(C2=CC=CC(Cl)C2Cl)c(CO)n1. The Bertz CT molecular complexity index is 530. The van der Waals surface area contributed by atoms with E-state index >= 15 is 0 Å². The number of halogens is 2. The van der Waals surface area contributed by atoms with E-state index in [0.29, 0.717) is 16.8 Å². The van der Waals surface area contributed by atoms with Gasteiger partial charge in [0.25, 0.3) is 0 Å². The number of rotatable bonds is 2. The summed E-state index contributed by atoms with van der Waals surface area (Å²) in [6.07, 6.45) is 5.33. The summed E-state index contributed by atoms with van der Waals surface area (Å²) in [6.45, 7) is -0.302. The highest BCUT2D eigenvalue weighted by Crippen LogP contribution is 2.35. The summed E-state index contributed by atoms with van der Waals surface area (Å²) >= 11 is 12.3. The number of alkyl halides is 2. The number of aromatic nitrogens is 2. The molecule has 1 aromatic rings. The van der Waals surface area contributed by atoms with Gasteiger partial charge in [0.15, 0.2) is 0 Å². The second-order valence-corrected chi connectivity index (χ2v) is 4.77. The van der Waals surface area contributed by atoms with Crippen LogP contribution in [-0.4, -0.2) is 25.8 Å². The molecule has 2 unspecified atom stereocenters. The summed E-state index contributed by atoms with van der Waals surface area (Å²) in [7, 11) is 0. The van der Waals surface area contributed by atoms with E-state index in [9.17, 15) is 5.11 Å². The molecule has 5 nitrogen and oxygen atoms in total. The minimum atomic E-state index is -0.462. The van der Waals surface area contributed by atoms with Crippen molar-refractivity contribution in [3.63, 3.8) is 0 Å². The first kappa shape index (κ1) is 13.1. The van der Waals surface area contributed by atoms with Crippen LogP contribution in [0.1, 0.15) is 11.3 Å². The molecule has 5 N–H and O–H groups in total. The van der Waals surface area contributed by atoms with E-state index in [1.54, 1.807) is 18.2 Å². The molecule has 0 amide bonds. The van der Waals surface area contributed by atoms with Crippen molar-refractivity contribution in [3.8, 4) is 0 Å². The first-order chi connectivity index (χ1) is 8.54. The highest BCUT2D eigenvalue weighted by Gasteiger charge is 2.26. The molecule has 0 saturated carbocycles. The summed E-state index contributed by atoms with van der Waals surface area (Å²) in [5, 5.41) is 8.51. The van der Waals surface area contributed by atoms with Gasteiger partial charge in [-0.15, -0.1) is 23.2 Å². The van der Waals surface area contributed by atoms with E-state index in [0.717, 1.165) is 0 Å². The normalized spacial score (nSPS) is 22.9. The fraction of sp³-hybridized carbons (Fsp3) is 0.273. The predicted molar refractivity (Wildman–Crippen MR) is 73.2 cm³/mol. The van der Waals surface area contributed by atoms with Crippen LogP contribution in [0.25, 0.3) is 5.57 Å². The second kappa shape index (κ2) is 5.14. The van der Waals surface area contributed by atoms with Gasteiger partial charge in [-0.1, -0.05) is 18.2 Å². The molecule has 1 aromatic heterocycles. The molecule has 96 valence electrons. The number of aliphatic hydroxyl groups is 1. The van der Waals surface area contributed by atoms with Gasteiger partial charge < -0.3 is 16.6 Å². The number of anilines is 2. The lowest BCUT2D eigenvalue weighted by atomic mass is 9.95. The average Bonchev–Trinajstić information content (AvgIpc) is 2.32. The number of nitrogens with zero attached hydrogens (tertiary/aromatic N) is 2. The molecule has 0 bridgehead atoms. The molecule has 0 aromatic carbocycles. The molecular formula is C11H12Cl2N4O. The Labute approximate surface area is 114 Å². The van der Waals surface area contributed by atoms with Gasteiger partial charge in [0.2, 0.25) is 5.95 Å². The third-order valence-electron chi connectivity index (χ3n) is 2.62. The summed E-state index contributed by atoms with van der Waals surface area (Å²) in [6, 6.07) is 0. The first-order valence-electron chi connectivity index (χ1n) is 5.24. The number of aliphatic hydroxyl groups excluding tert-OH is 1. The maximum atomic E-state index is 9.33. The minimum Gasteiger partial charge on any atom is -0.390 e. The van der Waals surface area contributed by atoms with Crippen molar-refractivity contribution in [2.24, 2.45) is 0 Å². The molecular weight excluding hydrogens is 275 g/mol. The molecule has 0 aliphatic heterocycles. The number of allylic oxidation sites excluding steroid dienone is 4. The van der Waals surface area contributed by atoms with Crippen molar-refractivity contribution in [2.45, 2.75) is 17.4 Å². The Kier molecular flexibility index (Phi) is 3.75. The highest BCUT2D eigenvalue weighted by molar-refractivity contribution is 6.35. The van der Waals surface area contributed by atoms with Crippen LogP contribution in [-0.2, 0) is 6.61 Å². The Morgan fingerprint density at radius 1 is 1.28 bits per heavy atom. The van der Waals surface area contributed by atoms with Crippen LogP contribution >= 0.6 is 23.2 Å². The number of hydrogen-bond donors (Lipinski definition) is 3.